The van der Waals surface area contributed by atoms with Gasteiger partial charge in [-0.25, -0.2) is 4.39 Å². The maximum Gasteiger partial charge on any atom is 0.108 e. The minimum atomic E-state index is -0.609. The Morgan fingerprint density at radius 2 is 2.29 bits per heavy atom. The van der Waals surface area contributed by atoms with Crippen LogP contribution in [0.3, 0.4) is 0 Å². The Morgan fingerprint density at radius 1 is 1.57 bits per heavy atom. The zero-order valence-corrected chi connectivity index (χ0v) is 9.05. The van der Waals surface area contributed by atoms with E-state index in [-0.39, 0.29) is 11.5 Å². The van der Waals surface area contributed by atoms with Crippen LogP contribution in [0.2, 0.25) is 0 Å². The number of ether oxygens (including phenoxy) is 1. The summed E-state index contributed by atoms with van der Waals surface area (Å²) in [6, 6.07) is 0.290. The van der Waals surface area contributed by atoms with Crippen molar-refractivity contribution in [1.82, 2.24) is 5.32 Å². The van der Waals surface area contributed by atoms with E-state index in [4.69, 9.17) is 4.74 Å². The molecule has 0 bridgehead atoms. The van der Waals surface area contributed by atoms with Crippen molar-refractivity contribution >= 4 is 0 Å². The van der Waals surface area contributed by atoms with E-state index in [2.05, 4.69) is 5.32 Å². The third-order valence-electron chi connectivity index (χ3n) is 3.86. The van der Waals surface area contributed by atoms with Crippen molar-refractivity contribution in [1.29, 1.82) is 0 Å². The summed E-state index contributed by atoms with van der Waals surface area (Å²) >= 11 is 0. The van der Waals surface area contributed by atoms with Crippen LogP contribution in [0.1, 0.15) is 26.2 Å². The van der Waals surface area contributed by atoms with Gasteiger partial charge in [0.25, 0.3) is 0 Å². The molecule has 0 aromatic rings. The highest BCUT2D eigenvalue weighted by Crippen LogP contribution is 2.53. The molecule has 0 radical (unpaired) electrons. The topological polar surface area (TPSA) is 21.3 Å². The highest BCUT2D eigenvalue weighted by atomic mass is 19.1. The molecule has 1 N–H and O–H groups in total. The predicted molar refractivity (Wildman–Crippen MR) is 54.0 cm³/mol. The van der Waals surface area contributed by atoms with Crippen LogP contribution in [-0.4, -0.2) is 32.5 Å². The first-order valence-electron chi connectivity index (χ1n) is 5.57. The Balaban J connectivity index is 1.98. The molecule has 2 aliphatic rings. The van der Waals surface area contributed by atoms with Crippen LogP contribution < -0.4 is 5.32 Å². The number of hydrogen-bond acceptors (Lipinski definition) is 2. The van der Waals surface area contributed by atoms with E-state index in [0.717, 1.165) is 26.1 Å². The van der Waals surface area contributed by atoms with E-state index < -0.39 is 6.17 Å². The van der Waals surface area contributed by atoms with E-state index in [0.29, 0.717) is 5.92 Å². The summed E-state index contributed by atoms with van der Waals surface area (Å²) in [6.07, 6.45) is 2.40. The van der Waals surface area contributed by atoms with E-state index in [1.54, 1.807) is 0 Å². The van der Waals surface area contributed by atoms with Crippen molar-refractivity contribution in [2.75, 3.05) is 20.3 Å². The van der Waals surface area contributed by atoms with Crippen molar-refractivity contribution in [3.05, 3.63) is 0 Å². The van der Waals surface area contributed by atoms with Crippen LogP contribution in [0, 0.1) is 11.3 Å². The maximum atomic E-state index is 13.3. The monoisotopic (exact) mass is 201 g/mol. The molecule has 1 heterocycles. The molecular weight excluding hydrogens is 181 g/mol. The molecule has 2 fully saturated rings. The van der Waals surface area contributed by atoms with Crippen molar-refractivity contribution in [2.24, 2.45) is 11.3 Å². The molecule has 0 amide bonds. The molecule has 0 spiro atoms. The van der Waals surface area contributed by atoms with Gasteiger partial charge in [0.2, 0.25) is 0 Å². The SMILES string of the molecule is CNC(C1CCCOC1)C1(C)CC1F. The first kappa shape index (κ1) is 10.4. The summed E-state index contributed by atoms with van der Waals surface area (Å²) in [7, 11) is 1.94. The van der Waals surface area contributed by atoms with Gasteiger partial charge in [0, 0.05) is 18.1 Å². The lowest BCUT2D eigenvalue weighted by atomic mass is 9.83. The quantitative estimate of drug-likeness (QED) is 0.751. The normalized spacial score (nSPS) is 44.8. The number of hydrogen-bond donors (Lipinski definition) is 1. The van der Waals surface area contributed by atoms with Crippen LogP contribution >= 0.6 is 0 Å². The maximum absolute atomic E-state index is 13.3. The molecule has 1 aliphatic heterocycles. The van der Waals surface area contributed by atoms with E-state index in [9.17, 15) is 4.39 Å². The fourth-order valence-electron chi connectivity index (χ4n) is 2.78. The van der Waals surface area contributed by atoms with Crippen molar-refractivity contribution < 1.29 is 9.13 Å². The van der Waals surface area contributed by atoms with E-state index in [1.807, 2.05) is 14.0 Å². The molecule has 4 unspecified atom stereocenters. The molecule has 1 aliphatic carbocycles. The highest BCUT2D eigenvalue weighted by molar-refractivity contribution is 5.09. The number of alkyl halides is 1. The Labute approximate surface area is 85.2 Å². The van der Waals surface area contributed by atoms with Gasteiger partial charge in [0.05, 0.1) is 6.61 Å². The Kier molecular flexibility index (Phi) is 2.80. The van der Waals surface area contributed by atoms with Gasteiger partial charge in [0.1, 0.15) is 6.17 Å². The zero-order chi connectivity index (χ0) is 10.2. The van der Waals surface area contributed by atoms with Crippen LogP contribution in [-0.2, 0) is 4.74 Å². The average molecular weight is 201 g/mol. The minimum absolute atomic E-state index is 0.125. The lowest BCUT2D eigenvalue weighted by molar-refractivity contribution is 0.0261. The second-order valence-corrected chi connectivity index (χ2v) is 4.92. The van der Waals surface area contributed by atoms with Crippen LogP contribution in [0.25, 0.3) is 0 Å². The van der Waals surface area contributed by atoms with Gasteiger partial charge in [-0.05, 0) is 32.2 Å². The first-order chi connectivity index (χ1) is 6.68. The number of halogens is 1. The summed E-state index contributed by atoms with van der Waals surface area (Å²) in [5.74, 6) is 0.500. The summed E-state index contributed by atoms with van der Waals surface area (Å²) in [5, 5.41) is 3.28. The molecule has 82 valence electrons. The van der Waals surface area contributed by atoms with Gasteiger partial charge < -0.3 is 10.1 Å². The van der Waals surface area contributed by atoms with Crippen LogP contribution in [0.4, 0.5) is 4.39 Å². The largest absolute Gasteiger partial charge is 0.381 e. The van der Waals surface area contributed by atoms with Gasteiger partial charge in [-0.1, -0.05) is 6.92 Å². The first-order valence-corrected chi connectivity index (χ1v) is 5.57. The summed E-state index contributed by atoms with van der Waals surface area (Å²) < 4.78 is 18.7. The molecule has 0 aromatic carbocycles. The average Bonchev–Trinajstić information content (AvgIpc) is 2.78. The lowest BCUT2D eigenvalue weighted by Gasteiger charge is -2.34. The molecule has 2 rings (SSSR count). The predicted octanol–water partition coefficient (Wildman–Crippen LogP) is 1.75. The lowest BCUT2D eigenvalue weighted by Crippen LogP contribution is -2.44. The molecule has 2 nitrogen and oxygen atoms in total. The highest BCUT2D eigenvalue weighted by Gasteiger charge is 2.57. The smallest absolute Gasteiger partial charge is 0.108 e. The van der Waals surface area contributed by atoms with Gasteiger partial charge in [0.15, 0.2) is 0 Å². The van der Waals surface area contributed by atoms with Gasteiger partial charge in [-0.3, -0.25) is 0 Å². The fourth-order valence-corrected chi connectivity index (χ4v) is 2.78. The molecule has 4 atom stereocenters. The van der Waals surface area contributed by atoms with Crippen molar-refractivity contribution in [2.45, 2.75) is 38.4 Å². The zero-order valence-electron chi connectivity index (χ0n) is 9.05. The summed E-state index contributed by atoms with van der Waals surface area (Å²) in [6.45, 7) is 3.73. The minimum Gasteiger partial charge on any atom is -0.381 e. The standard InChI is InChI=1S/C11H20FNO/c1-11(6-9(11)12)10(13-2)8-4-3-5-14-7-8/h8-10,13H,3-7H2,1-2H3. The third kappa shape index (κ3) is 1.68. The summed E-state index contributed by atoms with van der Waals surface area (Å²) in [5.41, 5.74) is -0.125. The van der Waals surface area contributed by atoms with E-state index in [1.165, 1.54) is 6.42 Å². The molecule has 14 heavy (non-hydrogen) atoms. The van der Waals surface area contributed by atoms with Crippen LogP contribution in [0.15, 0.2) is 0 Å². The second-order valence-electron chi connectivity index (χ2n) is 4.92. The Bertz CT molecular complexity index is 205. The number of nitrogens with one attached hydrogen (secondary N) is 1. The molecule has 1 saturated heterocycles. The fraction of sp³-hybridized carbons (Fsp3) is 1.00. The van der Waals surface area contributed by atoms with Crippen molar-refractivity contribution in [3.8, 4) is 0 Å². The van der Waals surface area contributed by atoms with Gasteiger partial charge in [-0.15, -0.1) is 0 Å². The molecule has 0 aromatic heterocycles. The van der Waals surface area contributed by atoms with Gasteiger partial charge in [-0.2, -0.15) is 0 Å². The van der Waals surface area contributed by atoms with E-state index >= 15 is 0 Å². The Morgan fingerprint density at radius 3 is 2.71 bits per heavy atom. The van der Waals surface area contributed by atoms with Crippen molar-refractivity contribution in [3.63, 3.8) is 0 Å². The van der Waals surface area contributed by atoms with Gasteiger partial charge >= 0.3 is 0 Å². The molecular formula is C11H20FNO. The second kappa shape index (κ2) is 3.78. The van der Waals surface area contributed by atoms with Crippen LogP contribution in [0.5, 0.6) is 0 Å². The molecule has 1 saturated carbocycles. The summed E-state index contributed by atoms with van der Waals surface area (Å²) in [4.78, 5) is 0. The number of rotatable bonds is 3. The third-order valence-corrected chi connectivity index (χ3v) is 3.86. The molecule has 3 heteroatoms. The Hall–Kier alpha value is -0.150.